The molecule has 0 bridgehead atoms. The molecule has 0 saturated carbocycles. The molecule has 28 heavy (non-hydrogen) atoms. The van der Waals surface area contributed by atoms with Crippen molar-refractivity contribution in [2.45, 2.75) is 20.4 Å². The molecular weight excluding hydrogens is 384 g/mol. The second-order valence-corrected chi connectivity index (χ2v) is 6.71. The minimum Gasteiger partial charge on any atom is -0.380 e. The first kappa shape index (κ1) is 20.0. The average Bonchev–Trinajstić information content (AvgIpc) is 2.68. The first-order chi connectivity index (χ1) is 13.4. The highest BCUT2D eigenvalue weighted by molar-refractivity contribution is 6.31. The van der Waals surface area contributed by atoms with E-state index in [0.29, 0.717) is 40.3 Å². The van der Waals surface area contributed by atoms with E-state index < -0.39 is 11.6 Å². The maximum Gasteiger partial charge on any atom is 0.257 e. The van der Waals surface area contributed by atoms with Gasteiger partial charge in [-0.1, -0.05) is 17.7 Å². The fourth-order valence-corrected chi connectivity index (χ4v) is 3.22. The molecule has 0 radical (unpaired) electrons. The summed E-state index contributed by atoms with van der Waals surface area (Å²) < 4.78 is 27.2. The van der Waals surface area contributed by atoms with E-state index in [0.717, 1.165) is 6.07 Å². The molecule has 146 valence electrons. The number of anilines is 1. The van der Waals surface area contributed by atoms with Gasteiger partial charge in [0.05, 0.1) is 16.8 Å². The van der Waals surface area contributed by atoms with E-state index in [1.807, 2.05) is 13.8 Å². The summed E-state index contributed by atoms with van der Waals surface area (Å²) in [5.74, 6) is -1.47. The van der Waals surface area contributed by atoms with Gasteiger partial charge in [-0.3, -0.25) is 9.78 Å². The lowest BCUT2D eigenvalue weighted by Gasteiger charge is -2.21. The Morgan fingerprint density at radius 2 is 1.89 bits per heavy atom. The Morgan fingerprint density at radius 1 is 1.14 bits per heavy atom. The molecule has 0 spiro atoms. The largest absolute Gasteiger partial charge is 0.380 e. The van der Waals surface area contributed by atoms with Crippen molar-refractivity contribution in [2.24, 2.45) is 0 Å². The Labute approximate surface area is 167 Å². The molecule has 1 heterocycles. The number of hydrogen-bond donors (Lipinski definition) is 1. The lowest BCUT2D eigenvalue weighted by molar-refractivity contribution is 0.0773. The van der Waals surface area contributed by atoms with Gasteiger partial charge >= 0.3 is 0 Å². The van der Waals surface area contributed by atoms with Gasteiger partial charge in [-0.25, -0.2) is 8.78 Å². The smallest absolute Gasteiger partial charge is 0.257 e. The Morgan fingerprint density at radius 3 is 2.57 bits per heavy atom. The van der Waals surface area contributed by atoms with Gasteiger partial charge in [0.1, 0.15) is 11.6 Å². The predicted octanol–water partition coefficient (Wildman–Crippen LogP) is 5.26. The normalized spacial score (nSPS) is 10.9. The van der Waals surface area contributed by atoms with Crippen molar-refractivity contribution in [1.29, 1.82) is 0 Å². The Kier molecular flexibility index (Phi) is 6.09. The summed E-state index contributed by atoms with van der Waals surface area (Å²) in [6.45, 7) is 4.97. The summed E-state index contributed by atoms with van der Waals surface area (Å²) in [4.78, 5) is 19.0. The number of rotatable bonds is 6. The number of halogens is 3. The summed E-state index contributed by atoms with van der Waals surface area (Å²) in [5.41, 5.74) is 1.84. The molecule has 3 rings (SSSR count). The predicted molar refractivity (Wildman–Crippen MR) is 108 cm³/mol. The van der Waals surface area contributed by atoms with Crippen molar-refractivity contribution in [1.82, 2.24) is 9.88 Å². The first-order valence-corrected chi connectivity index (χ1v) is 9.37. The lowest BCUT2D eigenvalue weighted by atomic mass is 10.1. The Hall–Kier alpha value is -2.73. The van der Waals surface area contributed by atoms with Crippen LogP contribution in [0.3, 0.4) is 0 Å². The molecule has 0 fully saturated rings. The number of benzene rings is 2. The fraction of sp³-hybridized carbons (Fsp3) is 0.238. The molecule has 2 aromatic carbocycles. The molecule has 0 saturated heterocycles. The summed E-state index contributed by atoms with van der Waals surface area (Å²) in [7, 11) is 0. The van der Waals surface area contributed by atoms with Gasteiger partial charge in [-0.05, 0) is 38.1 Å². The van der Waals surface area contributed by atoms with Gasteiger partial charge in [0.2, 0.25) is 0 Å². The van der Waals surface area contributed by atoms with Gasteiger partial charge in [-0.2, -0.15) is 0 Å². The summed E-state index contributed by atoms with van der Waals surface area (Å²) in [6.07, 6.45) is 1.51. The van der Waals surface area contributed by atoms with Crippen LogP contribution in [0.25, 0.3) is 10.9 Å². The average molecular weight is 404 g/mol. The Balaban J connectivity index is 2.07. The van der Waals surface area contributed by atoms with Gasteiger partial charge in [0.25, 0.3) is 5.91 Å². The topological polar surface area (TPSA) is 45.2 Å². The van der Waals surface area contributed by atoms with Gasteiger partial charge < -0.3 is 10.2 Å². The van der Waals surface area contributed by atoms with Crippen LogP contribution in [0, 0.1) is 11.6 Å². The van der Waals surface area contributed by atoms with Gasteiger partial charge in [-0.15, -0.1) is 0 Å². The van der Waals surface area contributed by atoms with Crippen molar-refractivity contribution in [2.75, 3.05) is 18.4 Å². The number of fused-ring (bicyclic) bond motifs is 1. The van der Waals surface area contributed by atoms with E-state index >= 15 is 0 Å². The highest BCUT2D eigenvalue weighted by atomic mass is 35.5. The molecule has 1 N–H and O–H groups in total. The number of nitrogens with zero attached hydrogens (tertiary/aromatic N) is 2. The van der Waals surface area contributed by atoms with Crippen molar-refractivity contribution in [3.8, 4) is 0 Å². The summed E-state index contributed by atoms with van der Waals surface area (Å²) in [6, 6.07) is 8.59. The maximum absolute atomic E-state index is 14.0. The van der Waals surface area contributed by atoms with Gasteiger partial charge in [0, 0.05) is 47.9 Å². The number of pyridine rings is 1. The standard InChI is InChI=1S/C21H20ClF2N3O/c1-3-27(4-2)21(28)17-12-25-19-8-6-14(22)9-16(19)20(17)26-11-13-5-7-15(23)10-18(13)24/h5-10,12H,3-4,11H2,1-2H3,(H,25,26). The SMILES string of the molecule is CCN(CC)C(=O)c1cnc2ccc(Cl)cc2c1NCc1ccc(F)cc1F. The maximum atomic E-state index is 14.0. The van der Waals surface area contributed by atoms with E-state index in [1.54, 1.807) is 23.1 Å². The highest BCUT2D eigenvalue weighted by Gasteiger charge is 2.20. The third-order valence-electron chi connectivity index (χ3n) is 4.58. The van der Waals surface area contributed by atoms with Crippen molar-refractivity contribution in [3.05, 3.63) is 70.4 Å². The molecular formula is C21H20ClF2N3O. The number of carbonyl (C=O) groups is 1. The molecule has 0 unspecified atom stereocenters. The summed E-state index contributed by atoms with van der Waals surface area (Å²) >= 11 is 6.15. The van der Waals surface area contributed by atoms with Crippen LogP contribution in [0.2, 0.25) is 5.02 Å². The zero-order chi connectivity index (χ0) is 20.3. The molecule has 4 nitrogen and oxygen atoms in total. The van der Waals surface area contributed by atoms with E-state index in [9.17, 15) is 13.6 Å². The molecule has 7 heteroatoms. The fourth-order valence-electron chi connectivity index (χ4n) is 3.05. The van der Waals surface area contributed by atoms with Crippen molar-refractivity contribution >= 4 is 34.1 Å². The van der Waals surface area contributed by atoms with Gasteiger partial charge in [0.15, 0.2) is 0 Å². The number of nitrogens with one attached hydrogen (secondary N) is 1. The number of amides is 1. The molecule has 0 atom stereocenters. The monoisotopic (exact) mass is 403 g/mol. The summed E-state index contributed by atoms with van der Waals surface area (Å²) in [5, 5.41) is 4.29. The third-order valence-corrected chi connectivity index (χ3v) is 4.82. The van der Waals surface area contributed by atoms with Crippen molar-refractivity contribution < 1.29 is 13.6 Å². The molecule has 0 aliphatic heterocycles. The second kappa shape index (κ2) is 8.52. The minimum absolute atomic E-state index is 0.0796. The molecule has 1 aromatic heterocycles. The van der Waals surface area contributed by atoms with E-state index in [4.69, 9.17) is 11.6 Å². The van der Waals surface area contributed by atoms with Crippen molar-refractivity contribution in [3.63, 3.8) is 0 Å². The van der Waals surface area contributed by atoms with Crippen LogP contribution in [0.15, 0.2) is 42.6 Å². The number of aromatic nitrogens is 1. The first-order valence-electron chi connectivity index (χ1n) is 9.00. The third kappa shape index (κ3) is 4.07. The quantitative estimate of drug-likeness (QED) is 0.610. The van der Waals surface area contributed by atoms with Crippen LogP contribution in [-0.4, -0.2) is 28.9 Å². The highest BCUT2D eigenvalue weighted by Crippen LogP contribution is 2.30. The van der Waals surface area contributed by atoms with Crippen LogP contribution in [0.5, 0.6) is 0 Å². The molecule has 3 aromatic rings. The number of carbonyl (C=O) groups excluding carboxylic acids is 1. The lowest BCUT2D eigenvalue weighted by Crippen LogP contribution is -2.31. The second-order valence-electron chi connectivity index (χ2n) is 6.28. The van der Waals surface area contributed by atoms with E-state index in [2.05, 4.69) is 10.3 Å². The minimum atomic E-state index is -0.652. The zero-order valence-corrected chi connectivity index (χ0v) is 16.4. The van der Waals surface area contributed by atoms with E-state index in [1.165, 1.54) is 18.3 Å². The van der Waals surface area contributed by atoms with Crippen LogP contribution in [0.1, 0.15) is 29.8 Å². The van der Waals surface area contributed by atoms with Crippen LogP contribution < -0.4 is 5.32 Å². The molecule has 0 aliphatic carbocycles. The van der Waals surface area contributed by atoms with Crippen LogP contribution in [-0.2, 0) is 6.54 Å². The zero-order valence-electron chi connectivity index (χ0n) is 15.6. The Bertz CT molecular complexity index is 1020. The van der Waals surface area contributed by atoms with E-state index in [-0.39, 0.29) is 18.0 Å². The van der Waals surface area contributed by atoms with Crippen LogP contribution >= 0.6 is 11.6 Å². The molecule has 1 amide bonds. The molecule has 0 aliphatic rings. The van der Waals surface area contributed by atoms with Crippen LogP contribution in [0.4, 0.5) is 14.5 Å². The number of hydrogen-bond acceptors (Lipinski definition) is 3.